The van der Waals surface area contributed by atoms with E-state index in [1.807, 2.05) is 0 Å². The molecule has 8 heteroatoms. The molecule has 7 nitrogen and oxygen atoms in total. The molecule has 2 aromatic rings. The molecule has 1 aromatic heterocycles. The lowest BCUT2D eigenvalue weighted by Gasteiger charge is -2.07. The minimum Gasteiger partial charge on any atom is -0.490 e. The Bertz CT molecular complexity index is 619. The second kappa shape index (κ2) is 6.16. The van der Waals surface area contributed by atoms with Gasteiger partial charge in [0.2, 0.25) is 0 Å². The average molecular weight is 296 g/mol. The van der Waals surface area contributed by atoms with E-state index in [-0.39, 0.29) is 23.2 Å². The van der Waals surface area contributed by atoms with Crippen LogP contribution >= 0.6 is 11.6 Å². The lowest BCUT2D eigenvalue weighted by molar-refractivity contribution is -0.385. The van der Waals surface area contributed by atoms with E-state index in [0.717, 1.165) is 0 Å². The lowest BCUT2D eigenvalue weighted by atomic mass is 10.3. The van der Waals surface area contributed by atoms with E-state index >= 15 is 0 Å². The van der Waals surface area contributed by atoms with Crippen molar-refractivity contribution in [2.45, 2.75) is 6.61 Å². The van der Waals surface area contributed by atoms with Crippen molar-refractivity contribution in [3.8, 4) is 11.5 Å². The molecule has 0 aliphatic heterocycles. The molecule has 0 fully saturated rings. The molecule has 0 radical (unpaired) electrons. The van der Waals surface area contributed by atoms with Gasteiger partial charge < -0.3 is 9.47 Å². The maximum absolute atomic E-state index is 10.9. The molecule has 0 spiro atoms. The number of hydrogen-bond acceptors (Lipinski definition) is 6. The van der Waals surface area contributed by atoms with E-state index in [9.17, 15) is 10.1 Å². The number of aromatic nitrogens is 2. The predicted molar refractivity (Wildman–Crippen MR) is 71.0 cm³/mol. The minimum absolute atomic E-state index is 0.133. The Morgan fingerprint density at radius 2 is 2.10 bits per heavy atom. The number of ether oxygens (including phenoxy) is 2. The van der Waals surface area contributed by atoms with Crippen molar-refractivity contribution in [3.05, 3.63) is 51.3 Å². The van der Waals surface area contributed by atoms with Crippen molar-refractivity contribution in [1.29, 1.82) is 0 Å². The van der Waals surface area contributed by atoms with Crippen molar-refractivity contribution in [2.24, 2.45) is 0 Å². The van der Waals surface area contributed by atoms with Crippen molar-refractivity contribution < 1.29 is 14.4 Å². The molecule has 0 amide bonds. The van der Waals surface area contributed by atoms with Crippen molar-refractivity contribution in [3.63, 3.8) is 0 Å². The molecule has 0 aliphatic carbocycles. The van der Waals surface area contributed by atoms with Gasteiger partial charge in [-0.2, -0.15) is 5.10 Å². The second-order valence-electron chi connectivity index (χ2n) is 3.73. The Balaban J connectivity index is 2.11. The molecule has 0 saturated heterocycles. The molecule has 2 rings (SSSR count). The predicted octanol–water partition coefficient (Wildman–Crippen LogP) is 2.63. The monoisotopic (exact) mass is 295 g/mol. The summed E-state index contributed by atoms with van der Waals surface area (Å²) in [5.41, 5.74) is 0.403. The van der Waals surface area contributed by atoms with E-state index in [4.69, 9.17) is 21.1 Å². The molecule has 0 atom stereocenters. The fraction of sp³-hybridized carbons (Fsp3) is 0.167. The molecule has 104 valence electrons. The Hall–Kier alpha value is -2.41. The average Bonchev–Trinajstić information content (AvgIpc) is 2.46. The number of nitro groups is 1. The number of hydrogen-bond donors (Lipinski definition) is 0. The van der Waals surface area contributed by atoms with E-state index < -0.39 is 4.92 Å². The summed E-state index contributed by atoms with van der Waals surface area (Å²) in [5, 5.41) is 18.7. The molecular formula is C12H10ClN3O4. The topological polar surface area (TPSA) is 87.4 Å². The van der Waals surface area contributed by atoms with Crippen LogP contribution in [0, 0.1) is 10.1 Å². The molecule has 0 aliphatic rings. The zero-order valence-corrected chi connectivity index (χ0v) is 11.2. The third kappa shape index (κ3) is 3.33. The highest BCUT2D eigenvalue weighted by molar-refractivity contribution is 6.29. The standard InChI is InChI=1S/C12H10ClN3O4/c1-19-11-4-3-9(6-10(11)16(17)18)20-7-8-2-5-12(13)15-14-8/h2-6H,7H2,1H3. The molecule has 1 aromatic carbocycles. The summed E-state index contributed by atoms with van der Waals surface area (Å²) in [6, 6.07) is 7.59. The van der Waals surface area contributed by atoms with Gasteiger partial charge in [0.05, 0.1) is 18.1 Å². The molecular weight excluding hydrogens is 286 g/mol. The van der Waals surface area contributed by atoms with Gasteiger partial charge in [-0.3, -0.25) is 10.1 Å². The Morgan fingerprint density at radius 1 is 1.30 bits per heavy atom. The fourth-order valence-electron chi connectivity index (χ4n) is 1.48. The van der Waals surface area contributed by atoms with Gasteiger partial charge in [-0.25, -0.2) is 0 Å². The van der Waals surface area contributed by atoms with Gasteiger partial charge in [-0.15, -0.1) is 5.10 Å². The number of halogens is 1. The van der Waals surface area contributed by atoms with Crippen LogP contribution in [0.25, 0.3) is 0 Å². The van der Waals surface area contributed by atoms with E-state index in [1.165, 1.54) is 19.2 Å². The summed E-state index contributed by atoms with van der Waals surface area (Å²) in [6.07, 6.45) is 0. The molecule has 0 saturated carbocycles. The smallest absolute Gasteiger partial charge is 0.314 e. The maximum atomic E-state index is 10.9. The number of rotatable bonds is 5. The Labute approximate surface area is 119 Å². The highest BCUT2D eigenvalue weighted by Crippen LogP contribution is 2.30. The fourth-order valence-corrected chi connectivity index (χ4v) is 1.58. The number of benzene rings is 1. The summed E-state index contributed by atoms with van der Waals surface area (Å²) in [5.74, 6) is 0.517. The normalized spacial score (nSPS) is 10.1. The first-order valence-corrected chi connectivity index (χ1v) is 5.91. The van der Waals surface area contributed by atoms with Gasteiger partial charge >= 0.3 is 5.69 Å². The van der Waals surface area contributed by atoms with Gasteiger partial charge in [-0.1, -0.05) is 11.6 Å². The highest BCUT2D eigenvalue weighted by atomic mass is 35.5. The van der Waals surface area contributed by atoms with Gasteiger partial charge in [0, 0.05) is 0 Å². The van der Waals surface area contributed by atoms with Crippen LogP contribution in [0.5, 0.6) is 11.5 Å². The van der Waals surface area contributed by atoms with Crippen LogP contribution in [0.4, 0.5) is 5.69 Å². The molecule has 0 bridgehead atoms. The van der Waals surface area contributed by atoms with Crippen LogP contribution in [0.2, 0.25) is 5.15 Å². The van der Waals surface area contributed by atoms with Gasteiger partial charge in [0.25, 0.3) is 0 Å². The molecule has 1 heterocycles. The molecule has 20 heavy (non-hydrogen) atoms. The zero-order valence-electron chi connectivity index (χ0n) is 10.4. The SMILES string of the molecule is COc1ccc(OCc2ccc(Cl)nn2)cc1[N+](=O)[O-]. The first-order valence-electron chi connectivity index (χ1n) is 5.53. The van der Waals surface area contributed by atoms with Gasteiger partial charge in [-0.05, 0) is 24.3 Å². The second-order valence-corrected chi connectivity index (χ2v) is 4.11. The van der Waals surface area contributed by atoms with Crippen LogP contribution < -0.4 is 9.47 Å². The van der Waals surface area contributed by atoms with E-state index in [1.54, 1.807) is 18.2 Å². The summed E-state index contributed by atoms with van der Waals surface area (Å²) in [6.45, 7) is 0.133. The first kappa shape index (κ1) is 14.0. The first-order chi connectivity index (χ1) is 9.60. The van der Waals surface area contributed by atoms with Crippen LogP contribution in [0.15, 0.2) is 30.3 Å². The Morgan fingerprint density at radius 3 is 2.70 bits per heavy atom. The van der Waals surface area contributed by atoms with Crippen molar-refractivity contribution in [2.75, 3.05) is 7.11 Å². The lowest BCUT2D eigenvalue weighted by Crippen LogP contribution is -2.00. The summed E-state index contributed by atoms with van der Waals surface area (Å²) in [4.78, 5) is 10.3. The van der Waals surface area contributed by atoms with Gasteiger partial charge in [0.1, 0.15) is 18.1 Å². The summed E-state index contributed by atoms with van der Waals surface area (Å²) >= 11 is 5.61. The van der Waals surface area contributed by atoms with Crippen LogP contribution in [-0.4, -0.2) is 22.2 Å². The van der Waals surface area contributed by atoms with E-state index in [2.05, 4.69) is 10.2 Å². The van der Waals surface area contributed by atoms with Crippen LogP contribution in [0.1, 0.15) is 5.69 Å². The number of nitrogens with zero attached hydrogens (tertiary/aromatic N) is 3. The third-order valence-electron chi connectivity index (χ3n) is 2.42. The molecule has 0 unspecified atom stereocenters. The zero-order chi connectivity index (χ0) is 14.5. The third-order valence-corrected chi connectivity index (χ3v) is 2.62. The molecule has 0 N–H and O–H groups in total. The van der Waals surface area contributed by atoms with E-state index in [0.29, 0.717) is 11.4 Å². The largest absolute Gasteiger partial charge is 0.490 e. The van der Waals surface area contributed by atoms with Crippen molar-refractivity contribution in [1.82, 2.24) is 10.2 Å². The number of methoxy groups -OCH3 is 1. The number of nitro benzene ring substituents is 1. The van der Waals surface area contributed by atoms with Crippen LogP contribution in [-0.2, 0) is 6.61 Å². The highest BCUT2D eigenvalue weighted by Gasteiger charge is 2.15. The summed E-state index contributed by atoms with van der Waals surface area (Å²) < 4.78 is 10.3. The van der Waals surface area contributed by atoms with Crippen molar-refractivity contribution >= 4 is 17.3 Å². The van der Waals surface area contributed by atoms with Gasteiger partial charge in [0.15, 0.2) is 10.9 Å². The minimum atomic E-state index is -0.534. The van der Waals surface area contributed by atoms with Crippen LogP contribution in [0.3, 0.4) is 0 Å². The Kier molecular flexibility index (Phi) is 4.31. The summed E-state index contributed by atoms with van der Waals surface area (Å²) in [7, 11) is 1.37. The quantitative estimate of drug-likeness (QED) is 0.622. The maximum Gasteiger partial charge on any atom is 0.314 e.